The molecule has 0 heterocycles. The number of hydrogen-bond donors (Lipinski definition) is 3. The fraction of sp³-hybridized carbons (Fsp3) is 0.350. The molecule has 0 bridgehead atoms. The van der Waals surface area contributed by atoms with Crippen LogP contribution in [0.25, 0.3) is 0 Å². The average molecular weight is 392 g/mol. The van der Waals surface area contributed by atoms with Gasteiger partial charge < -0.3 is 25.2 Å². The van der Waals surface area contributed by atoms with Crippen molar-refractivity contribution in [3.05, 3.63) is 58.6 Å². The normalized spacial score (nSPS) is 12.4. The number of ether oxygens (including phenoxy) is 2. The molecule has 7 heteroatoms. The predicted octanol–water partition coefficient (Wildman–Crippen LogP) is 3.15. The van der Waals surface area contributed by atoms with Crippen LogP contribution >= 0.6 is 11.6 Å². The number of methoxy groups -OCH3 is 2. The van der Waals surface area contributed by atoms with Crippen LogP contribution in [-0.2, 0) is 6.54 Å². The molecule has 0 aliphatic carbocycles. The Morgan fingerprint density at radius 3 is 2.52 bits per heavy atom. The SMILES string of the molecule is CCNC(=NCc1ccc(OC)c(OC)c1)NCC(O)c1ccccc1Cl. The second-order valence-electron chi connectivity index (χ2n) is 5.80. The quantitative estimate of drug-likeness (QED) is 0.476. The maximum atomic E-state index is 10.4. The van der Waals surface area contributed by atoms with E-state index in [0.717, 1.165) is 5.56 Å². The highest BCUT2D eigenvalue weighted by molar-refractivity contribution is 6.31. The minimum atomic E-state index is -0.733. The summed E-state index contributed by atoms with van der Waals surface area (Å²) in [5, 5.41) is 17.2. The van der Waals surface area contributed by atoms with E-state index in [-0.39, 0.29) is 0 Å². The standard InChI is InChI=1S/C20H26ClN3O3/c1-4-22-20(24-13-17(25)15-7-5-6-8-16(15)21)23-12-14-9-10-18(26-2)19(11-14)27-3/h5-11,17,25H,4,12-13H2,1-3H3,(H2,22,23,24). The van der Waals surface area contributed by atoms with E-state index in [9.17, 15) is 5.11 Å². The number of hydrogen-bond acceptors (Lipinski definition) is 4. The van der Waals surface area contributed by atoms with Crippen LogP contribution in [0.15, 0.2) is 47.5 Å². The van der Waals surface area contributed by atoms with Crippen LogP contribution in [0.4, 0.5) is 0 Å². The molecule has 0 aliphatic heterocycles. The molecule has 2 rings (SSSR count). The van der Waals surface area contributed by atoms with Gasteiger partial charge in [0.15, 0.2) is 17.5 Å². The number of rotatable bonds is 8. The molecule has 0 aliphatic rings. The van der Waals surface area contributed by atoms with Crippen LogP contribution in [0.1, 0.15) is 24.2 Å². The van der Waals surface area contributed by atoms with Crippen LogP contribution in [-0.4, -0.2) is 38.4 Å². The zero-order valence-electron chi connectivity index (χ0n) is 15.8. The molecule has 146 valence electrons. The fourth-order valence-corrected chi connectivity index (χ4v) is 2.80. The molecule has 27 heavy (non-hydrogen) atoms. The number of halogens is 1. The zero-order valence-corrected chi connectivity index (χ0v) is 16.6. The monoisotopic (exact) mass is 391 g/mol. The first-order valence-electron chi connectivity index (χ1n) is 8.74. The van der Waals surface area contributed by atoms with Gasteiger partial charge >= 0.3 is 0 Å². The fourth-order valence-electron chi connectivity index (χ4n) is 2.54. The Morgan fingerprint density at radius 2 is 1.85 bits per heavy atom. The van der Waals surface area contributed by atoms with E-state index in [1.54, 1.807) is 20.3 Å². The Kier molecular flexibility index (Phi) is 8.23. The summed E-state index contributed by atoms with van der Waals surface area (Å²) in [6.45, 7) is 3.44. The van der Waals surface area contributed by atoms with Crippen molar-refractivity contribution >= 4 is 17.6 Å². The summed E-state index contributed by atoms with van der Waals surface area (Å²) < 4.78 is 10.6. The molecular weight excluding hydrogens is 366 g/mol. The lowest BCUT2D eigenvalue weighted by atomic mass is 10.1. The first-order valence-corrected chi connectivity index (χ1v) is 9.12. The lowest BCUT2D eigenvalue weighted by Gasteiger charge is -2.16. The summed E-state index contributed by atoms with van der Waals surface area (Å²) in [4.78, 5) is 4.56. The molecule has 0 fully saturated rings. The number of aliphatic imine (C=N–C) groups is 1. The largest absolute Gasteiger partial charge is 0.493 e. The van der Waals surface area contributed by atoms with Gasteiger partial charge in [-0.2, -0.15) is 0 Å². The Balaban J connectivity index is 2.03. The molecule has 3 N–H and O–H groups in total. The molecule has 2 aromatic carbocycles. The molecule has 1 atom stereocenters. The highest BCUT2D eigenvalue weighted by Gasteiger charge is 2.11. The summed E-state index contributed by atoms with van der Waals surface area (Å²) in [7, 11) is 3.21. The van der Waals surface area contributed by atoms with E-state index in [1.165, 1.54) is 0 Å². The Hall–Kier alpha value is -2.44. The van der Waals surface area contributed by atoms with Crippen molar-refractivity contribution in [2.45, 2.75) is 19.6 Å². The molecular formula is C20H26ClN3O3. The second kappa shape index (κ2) is 10.6. The summed E-state index contributed by atoms with van der Waals surface area (Å²) in [6.07, 6.45) is -0.733. The number of aliphatic hydroxyl groups excluding tert-OH is 1. The van der Waals surface area contributed by atoms with Crippen molar-refractivity contribution < 1.29 is 14.6 Å². The summed E-state index contributed by atoms with van der Waals surface area (Å²) in [5.74, 6) is 1.95. The van der Waals surface area contributed by atoms with Crippen molar-refractivity contribution in [1.29, 1.82) is 0 Å². The number of guanidine groups is 1. The van der Waals surface area contributed by atoms with E-state index < -0.39 is 6.10 Å². The topological polar surface area (TPSA) is 75.1 Å². The smallest absolute Gasteiger partial charge is 0.191 e. The summed E-state index contributed by atoms with van der Waals surface area (Å²) in [6, 6.07) is 12.9. The number of aliphatic hydroxyl groups is 1. The summed E-state index contributed by atoms with van der Waals surface area (Å²) in [5.41, 5.74) is 1.67. The van der Waals surface area contributed by atoms with Gasteiger partial charge in [0.1, 0.15) is 0 Å². The van der Waals surface area contributed by atoms with Gasteiger partial charge in [0.25, 0.3) is 0 Å². The maximum Gasteiger partial charge on any atom is 0.191 e. The Labute approximate surface area is 165 Å². The minimum absolute atomic E-state index is 0.293. The number of benzene rings is 2. The van der Waals surface area contributed by atoms with Crippen molar-refractivity contribution in [2.24, 2.45) is 4.99 Å². The average Bonchev–Trinajstić information content (AvgIpc) is 2.69. The zero-order chi connectivity index (χ0) is 19.6. The third-order valence-corrected chi connectivity index (χ3v) is 4.28. The van der Waals surface area contributed by atoms with Gasteiger partial charge in [-0.1, -0.05) is 35.9 Å². The Bertz CT molecular complexity index is 768. The molecule has 2 aromatic rings. The van der Waals surface area contributed by atoms with Crippen LogP contribution in [0.2, 0.25) is 5.02 Å². The van der Waals surface area contributed by atoms with Crippen LogP contribution < -0.4 is 20.1 Å². The number of nitrogens with one attached hydrogen (secondary N) is 2. The van der Waals surface area contributed by atoms with Crippen molar-refractivity contribution in [1.82, 2.24) is 10.6 Å². The van der Waals surface area contributed by atoms with Crippen molar-refractivity contribution in [3.63, 3.8) is 0 Å². The van der Waals surface area contributed by atoms with Gasteiger partial charge in [0, 0.05) is 23.7 Å². The van der Waals surface area contributed by atoms with E-state index in [1.807, 2.05) is 43.3 Å². The molecule has 0 saturated carbocycles. The number of nitrogens with zero attached hydrogens (tertiary/aromatic N) is 1. The lowest BCUT2D eigenvalue weighted by molar-refractivity contribution is 0.181. The third kappa shape index (κ3) is 6.05. The van der Waals surface area contributed by atoms with Crippen LogP contribution in [0.5, 0.6) is 11.5 Å². The van der Waals surface area contributed by atoms with Crippen molar-refractivity contribution in [2.75, 3.05) is 27.3 Å². The molecule has 0 aromatic heterocycles. The second-order valence-corrected chi connectivity index (χ2v) is 6.21. The molecule has 0 radical (unpaired) electrons. The third-order valence-electron chi connectivity index (χ3n) is 3.94. The molecule has 6 nitrogen and oxygen atoms in total. The minimum Gasteiger partial charge on any atom is -0.493 e. The van der Waals surface area contributed by atoms with Crippen LogP contribution in [0, 0.1) is 0 Å². The van der Waals surface area contributed by atoms with Gasteiger partial charge in [-0.05, 0) is 30.7 Å². The summed E-state index contributed by atoms with van der Waals surface area (Å²) >= 11 is 6.13. The molecule has 1 unspecified atom stereocenters. The molecule has 0 saturated heterocycles. The van der Waals surface area contributed by atoms with E-state index >= 15 is 0 Å². The van der Waals surface area contributed by atoms with E-state index in [4.69, 9.17) is 21.1 Å². The molecule has 0 amide bonds. The van der Waals surface area contributed by atoms with Gasteiger partial charge in [-0.15, -0.1) is 0 Å². The first-order chi connectivity index (χ1) is 13.1. The predicted molar refractivity (Wildman–Crippen MR) is 109 cm³/mol. The van der Waals surface area contributed by atoms with Gasteiger partial charge in [0.05, 0.1) is 26.9 Å². The van der Waals surface area contributed by atoms with Crippen LogP contribution in [0.3, 0.4) is 0 Å². The highest BCUT2D eigenvalue weighted by atomic mass is 35.5. The van der Waals surface area contributed by atoms with Gasteiger partial charge in [-0.25, -0.2) is 4.99 Å². The van der Waals surface area contributed by atoms with Gasteiger partial charge in [-0.3, -0.25) is 0 Å². The Morgan fingerprint density at radius 1 is 1.11 bits per heavy atom. The maximum absolute atomic E-state index is 10.4. The lowest BCUT2D eigenvalue weighted by Crippen LogP contribution is -2.39. The molecule has 0 spiro atoms. The van der Waals surface area contributed by atoms with Gasteiger partial charge in [0.2, 0.25) is 0 Å². The highest BCUT2D eigenvalue weighted by Crippen LogP contribution is 2.27. The van der Waals surface area contributed by atoms with E-state index in [0.29, 0.717) is 47.7 Å². The first kappa shape index (κ1) is 20.9. The van der Waals surface area contributed by atoms with E-state index in [2.05, 4.69) is 15.6 Å². The van der Waals surface area contributed by atoms with Crippen molar-refractivity contribution in [3.8, 4) is 11.5 Å².